The molecule has 84 valence electrons. The van der Waals surface area contributed by atoms with E-state index in [0.717, 1.165) is 26.2 Å². The van der Waals surface area contributed by atoms with Crippen molar-refractivity contribution in [2.75, 3.05) is 19.8 Å². The Bertz CT molecular complexity index is 251. The minimum absolute atomic E-state index is 0.384. The van der Waals surface area contributed by atoms with Crippen LogP contribution >= 0.6 is 0 Å². The molecule has 1 rings (SSSR count). The summed E-state index contributed by atoms with van der Waals surface area (Å²) in [7, 11) is 0. The molecule has 3 heteroatoms. The maximum absolute atomic E-state index is 5.27. The van der Waals surface area contributed by atoms with Crippen molar-refractivity contribution in [1.82, 2.24) is 10.3 Å². The molecule has 1 aromatic rings. The average Bonchev–Trinajstić information content (AvgIpc) is 2.30. The second kappa shape index (κ2) is 7.37. The number of nitrogens with zero attached hydrogens (tertiary/aromatic N) is 1. The van der Waals surface area contributed by atoms with E-state index in [-0.39, 0.29) is 0 Å². The van der Waals surface area contributed by atoms with Crippen molar-refractivity contribution in [1.29, 1.82) is 0 Å². The largest absolute Gasteiger partial charge is 0.382 e. The van der Waals surface area contributed by atoms with Gasteiger partial charge in [-0.05, 0) is 44.5 Å². The van der Waals surface area contributed by atoms with Gasteiger partial charge in [0.2, 0.25) is 0 Å². The standard InChI is InChI=1S/C12H20N2O/c1-3-15-10-4-7-14-11(2)12-5-8-13-9-6-12/h5-6,8-9,11,14H,3-4,7,10H2,1-2H3/t11-/m0/s1. The Morgan fingerprint density at radius 1 is 1.40 bits per heavy atom. The van der Waals surface area contributed by atoms with E-state index >= 15 is 0 Å². The van der Waals surface area contributed by atoms with Gasteiger partial charge < -0.3 is 10.1 Å². The second-order valence-corrected chi connectivity index (χ2v) is 3.51. The lowest BCUT2D eigenvalue weighted by molar-refractivity contribution is 0.144. The number of nitrogens with one attached hydrogen (secondary N) is 1. The molecule has 0 bridgehead atoms. The van der Waals surface area contributed by atoms with Crippen LogP contribution in [0.4, 0.5) is 0 Å². The van der Waals surface area contributed by atoms with Crippen LogP contribution in [0, 0.1) is 0 Å². The Morgan fingerprint density at radius 2 is 2.13 bits per heavy atom. The molecule has 1 N–H and O–H groups in total. The lowest BCUT2D eigenvalue weighted by atomic mass is 10.1. The van der Waals surface area contributed by atoms with Gasteiger partial charge in [-0.2, -0.15) is 0 Å². The highest BCUT2D eigenvalue weighted by molar-refractivity contribution is 5.13. The Labute approximate surface area is 91.9 Å². The van der Waals surface area contributed by atoms with Gasteiger partial charge in [-0.1, -0.05) is 0 Å². The Kier molecular flexibility index (Phi) is 5.97. The van der Waals surface area contributed by atoms with Crippen LogP contribution in [0.15, 0.2) is 24.5 Å². The van der Waals surface area contributed by atoms with Gasteiger partial charge in [-0.3, -0.25) is 4.98 Å². The molecule has 15 heavy (non-hydrogen) atoms. The second-order valence-electron chi connectivity index (χ2n) is 3.51. The highest BCUT2D eigenvalue weighted by atomic mass is 16.5. The zero-order valence-electron chi connectivity index (χ0n) is 9.57. The van der Waals surface area contributed by atoms with Gasteiger partial charge in [0, 0.05) is 31.6 Å². The van der Waals surface area contributed by atoms with E-state index in [1.807, 2.05) is 31.5 Å². The van der Waals surface area contributed by atoms with Crippen LogP contribution in [0.1, 0.15) is 31.9 Å². The summed E-state index contributed by atoms with van der Waals surface area (Å²) in [6.45, 7) is 6.82. The predicted molar refractivity (Wildman–Crippen MR) is 61.8 cm³/mol. The van der Waals surface area contributed by atoms with Gasteiger partial charge in [0.1, 0.15) is 0 Å². The number of rotatable bonds is 7. The van der Waals surface area contributed by atoms with Crippen molar-refractivity contribution < 1.29 is 4.74 Å². The van der Waals surface area contributed by atoms with Crippen LogP contribution < -0.4 is 5.32 Å². The van der Waals surface area contributed by atoms with E-state index in [9.17, 15) is 0 Å². The number of hydrogen-bond acceptors (Lipinski definition) is 3. The first-order valence-corrected chi connectivity index (χ1v) is 5.55. The fraction of sp³-hybridized carbons (Fsp3) is 0.583. The molecule has 0 saturated heterocycles. The number of hydrogen-bond donors (Lipinski definition) is 1. The molecule has 0 aromatic carbocycles. The van der Waals surface area contributed by atoms with E-state index in [1.165, 1.54) is 5.56 Å². The Hall–Kier alpha value is -0.930. The van der Waals surface area contributed by atoms with Gasteiger partial charge in [0.05, 0.1) is 0 Å². The summed E-state index contributed by atoms with van der Waals surface area (Å²) < 4.78 is 5.27. The average molecular weight is 208 g/mol. The third-order valence-electron chi connectivity index (χ3n) is 2.33. The van der Waals surface area contributed by atoms with E-state index in [0.29, 0.717) is 6.04 Å². The van der Waals surface area contributed by atoms with Crippen molar-refractivity contribution in [2.24, 2.45) is 0 Å². The zero-order chi connectivity index (χ0) is 10.9. The quantitative estimate of drug-likeness (QED) is 0.697. The van der Waals surface area contributed by atoms with Crippen molar-refractivity contribution in [3.63, 3.8) is 0 Å². The van der Waals surface area contributed by atoms with Gasteiger partial charge in [0.15, 0.2) is 0 Å². The van der Waals surface area contributed by atoms with Crippen molar-refractivity contribution in [3.8, 4) is 0 Å². The minimum atomic E-state index is 0.384. The van der Waals surface area contributed by atoms with Crippen LogP contribution in [0.3, 0.4) is 0 Å². The molecule has 0 unspecified atom stereocenters. The summed E-state index contributed by atoms with van der Waals surface area (Å²) in [5.74, 6) is 0. The molecule has 0 aliphatic carbocycles. The summed E-state index contributed by atoms with van der Waals surface area (Å²) in [5, 5.41) is 3.45. The summed E-state index contributed by atoms with van der Waals surface area (Å²) in [5.41, 5.74) is 1.28. The predicted octanol–water partition coefficient (Wildman–Crippen LogP) is 2.16. The number of pyridine rings is 1. The van der Waals surface area contributed by atoms with Gasteiger partial charge in [-0.25, -0.2) is 0 Å². The van der Waals surface area contributed by atoms with Gasteiger partial charge in [0.25, 0.3) is 0 Å². The van der Waals surface area contributed by atoms with Crippen molar-refractivity contribution >= 4 is 0 Å². The van der Waals surface area contributed by atoms with E-state index in [4.69, 9.17) is 4.74 Å². The molecule has 0 spiro atoms. The molecule has 1 aromatic heterocycles. The van der Waals surface area contributed by atoms with Crippen LogP contribution in [-0.4, -0.2) is 24.7 Å². The van der Waals surface area contributed by atoms with Crippen LogP contribution in [0.25, 0.3) is 0 Å². The Morgan fingerprint density at radius 3 is 2.80 bits per heavy atom. The molecule has 3 nitrogen and oxygen atoms in total. The molecule has 1 heterocycles. The van der Waals surface area contributed by atoms with Gasteiger partial charge >= 0.3 is 0 Å². The normalized spacial score (nSPS) is 12.7. The molecule has 0 fully saturated rings. The SMILES string of the molecule is CCOCCCN[C@@H](C)c1ccncc1. The molecular weight excluding hydrogens is 188 g/mol. The molecule has 0 saturated carbocycles. The lowest BCUT2D eigenvalue weighted by Gasteiger charge is -2.13. The third-order valence-corrected chi connectivity index (χ3v) is 2.33. The molecular formula is C12H20N2O. The van der Waals surface area contributed by atoms with Crippen LogP contribution in [0.5, 0.6) is 0 Å². The highest BCUT2D eigenvalue weighted by Gasteiger charge is 2.02. The topological polar surface area (TPSA) is 34.1 Å². The van der Waals surface area contributed by atoms with Crippen LogP contribution in [0.2, 0.25) is 0 Å². The maximum atomic E-state index is 5.27. The molecule has 0 aliphatic heterocycles. The smallest absolute Gasteiger partial charge is 0.0477 e. The third kappa shape index (κ3) is 4.91. The summed E-state index contributed by atoms with van der Waals surface area (Å²) in [4.78, 5) is 4.00. The van der Waals surface area contributed by atoms with Crippen molar-refractivity contribution in [3.05, 3.63) is 30.1 Å². The highest BCUT2D eigenvalue weighted by Crippen LogP contribution is 2.09. The lowest BCUT2D eigenvalue weighted by Crippen LogP contribution is -2.20. The van der Waals surface area contributed by atoms with Gasteiger partial charge in [-0.15, -0.1) is 0 Å². The van der Waals surface area contributed by atoms with E-state index < -0.39 is 0 Å². The zero-order valence-corrected chi connectivity index (χ0v) is 9.57. The number of ether oxygens (including phenoxy) is 1. The fourth-order valence-corrected chi connectivity index (χ4v) is 1.41. The minimum Gasteiger partial charge on any atom is -0.382 e. The first kappa shape index (κ1) is 12.1. The van der Waals surface area contributed by atoms with E-state index in [1.54, 1.807) is 0 Å². The van der Waals surface area contributed by atoms with Crippen molar-refractivity contribution in [2.45, 2.75) is 26.3 Å². The summed E-state index contributed by atoms with van der Waals surface area (Å²) in [6, 6.07) is 4.47. The summed E-state index contributed by atoms with van der Waals surface area (Å²) in [6.07, 6.45) is 4.71. The monoisotopic (exact) mass is 208 g/mol. The molecule has 1 atom stereocenters. The Balaban J connectivity index is 2.16. The molecule has 0 aliphatic rings. The molecule has 0 amide bonds. The first-order valence-electron chi connectivity index (χ1n) is 5.55. The molecule has 0 radical (unpaired) electrons. The number of aromatic nitrogens is 1. The van der Waals surface area contributed by atoms with Crippen LogP contribution in [-0.2, 0) is 4.74 Å². The first-order chi connectivity index (χ1) is 7.34. The summed E-state index contributed by atoms with van der Waals surface area (Å²) >= 11 is 0. The maximum Gasteiger partial charge on any atom is 0.0477 e. The van der Waals surface area contributed by atoms with E-state index in [2.05, 4.69) is 17.2 Å². The fourth-order valence-electron chi connectivity index (χ4n) is 1.41.